The zero-order chi connectivity index (χ0) is 28.9. The Bertz CT molecular complexity index is 1220. The number of carboxylic acid groups (broad SMARTS) is 6. The molecule has 0 saturated carbocycles. The Morgan fingerprint density at radius 3 is 0.816 bits per heavy atom. The van der Waals surface area contributed by atoms with Crippen LogP contribution in [-0.2, 0) is 19.1 Å². The topological polar surface area (TPSA) is 276 Å². The molecule has 2 atom stereocenters. The SMILES string of the molecule is O=C(O)c1cc(C(=O)O)cc(C(=O)OC(C(=O)O)C(OC(=O)c2cc(C(=O)O)cc(C(=O)O)c2)C(=O)O)c1. The van der Waals surface area contributed by atoms with E-state index in [9.17, 15) is 48.6 Å². The van der Waals surface area contributed by atoms with Crippen molar-refractivity contribution in [3.8, 4) is 0 Å². The summed E-state index contributed by atoms with van der Waals surface area (Å²) in [5.41, 5.74) is -4.45. The first-order chi connectivity index (χ1) is 17.6. The van der Waals surface area contributed by atoms with Crippen LogP contribution in [0.5, 0.6) is 0 Å². The van der Waals surface area contributed by atoms with Crippen molar-refractivity contribution in [2.45, 2.75) is 12.2 Å². The van der Waals surface area contributed by atoms with Gasteiger partial charge in [-0.15, -0.1) is 0 Å². The number of hydrogen-bond donors (Lipinski definition) is 6. The number of aromatic carboxylic acids is 4. The predicted octanol–water partition coefficient (Wildman–Crippen LogP) is 0.400. The maximum absolute atomic E-state index is 12.5. The number of ether oxygens (including phenoxy) is 2. The molecule has 6 N–H and O–H groups in total. The third-order valence-electron chi connectivity index (χ3n) is 4.56. The summed E-state index contributed by atoms with van der Waals surface area (Å²) in [7, 11) is 0. The number of carboxylic acids is 6. The minimum absolute atomic E-state index is 0.614. The first kappa shape index (κ1) is 28.4. The van der Waals surface area contributed by atoms with Gasteiger partial charge in [-0.3, -0.25) is 0 Å². The fourth-order valence-corrected chi connectivity index (χ4v) is 2.83. The summed E-state index contributed by atoms with van der Waals surface area (Å²) < 4.78 is 9.16. The molecule has 16 nitrogen and oxygen atoms in total. The Hall–Kier alpha value is -5.80. The Morgan fingerprint density at radius 1 is 0.421 bits per heavy atom. The van der Waals surface area contributed by atoms with E-state index in [0.717, 1.165) is 0 Å². The summed E-state index contributed by atoms with van der Waals surface area (Å²) in [4.78, 5) is 93.3. The van der Waals surface area contributed by atoms with Gasteiger partial charge in [-0.2, -0.15) is 0 Å². The Labute approximate surface area is 208 Å². The van der Waals surface area contributed by atoms with Gasteiger partial charge >= 0.3 is 47.8 Å². The van der Waals surface area contributed by atoms with Gasteiger partial charge in [-0.05, 0) is 36.4 Å². The van der Waals surface area contributed by atoms with Gasteiger partial charge in [0, 0.05) is 0 Å². The molecule has 0 aliphatic carbocycles. The second-order valence-electron chi connectivity index (χ2n) is 7.15. The second-order valence-corrected chi connectivity index (χ2v) is 7.15. The molecule has 198 valence electrons. The van der Waals surface area contributed by atoms with E-state index < -0.39 is 93.3 Å². The van der Waals surface area contributed by atoms with E-state index in [1.165, 1.54) is 0 Å². The quantitative estimate of drug-likeness (QED) is 0.213. The van der Waals surface area contributed by atoms with Crippen LogP contribution in [0.3, 0.4) is 0 Å². The average molecular weight is 534 g/mol. The monoisotopic (exact) mass is 534 g/mol. The zero-order valence-corrected chi connectivity index (χ0v) is 18.4. The number of carbonyl (C=O) groups is 8. The molecule has 0 fully saturated rings. The van der Waals surface area contributed by atoms with Crippen molar-refractivity contribution in [2.75, 3.05) is 0 Å². The van der Waals surface area contributed by atoms with Crippen molar-refractivity contribution in [3.05, 3.63) is 69.8 Å². The van der Waals surface area contributed by atoms with Crippen LogP contribution in [0.25, 0.3) is 0 Å². The molecule has 2 unspecified atom stereocenters. The number of aliphatic carboxylic acids is 2. The number of esters is 2. The Balaban J connectivity index is 2.44. The molecule has 0 amide bonds. The fraction of sp³-hybridized carbons (Fsp3) is 0.0909. The van der Waals surface area contributed by atoms with Crippen LogP contribution in [0.15, 0.2) is 36.4 Å². The first-order valence-corrected chi connectivity index (χ1v) is 9.73. The molecule has 0 radical (unpaired) electrons. The molecule has 0 aliphatic heterocycles. The highest BCUT2D eigenvalue weighted by atomic mass is 16.6. The molecule has 0 spiro atoms. The summed E-state index contributed by atoms with van der Waals surface area (Å²) in [6, 6.07) is 3.81. The van der Waals surface area contributed by atoms with E-state index in [1.807, 2.05) is 0 Å². The highest BCUT2D eigenvalue weighted by Crippen LogP contribution is 2.18. The van der Waals surface area contributed by atoms with E-state index in [-0.39, 0.29) is 0 Å². The van der Waals surface area contributed by atoms with Gasteiger partial charge < -0.3 is 40.1 Å². The molecular weight excluding hydrogens is 520 g/mol. The molecule has 2 aromatic carbocycles. The molecular formula is C22H14O16. The average Bonchev–Trinajstić information content (AvgIpc) is 2.84. The van der Waals surface area contributed by atoms with Gasteiger partial charge in [0.05, 0.1) is 33.4 Å². The summed E-state index contributed by atoms with van der Waals surface area (Å²) >= 11 is 0. The molecule has 0 aromatic heterocycles. The van der Waals surface area contributed by atoms with Crippen LogP contribution >= 0.6 is 0 Å². The van der Waals surface area contributed by atoms with Gasteiger partial charge in [0.25, 0.3) is 0 Å². The lowest BCUT2D eigenvalue weighted by Gasteiger charge is -2.21. The van der Waals surface area contributed by atoms with Crippen LogP contribution < -0.4 is 0 Å². The fourth-order valence-electron chi connectivity index (χ4n) is 2.83. The molecule has 2 rings (SSSR count). The minimum Gasteiger partial charge on any atom is -0.478 e. The van der Waals surface area contributed by atoms with Crippen molar-refractivity contribution in [2.24, 2.45) is 0 Å². The van der Waals surface area contributed by atoms with E-state index in [1.54, 1.807) is 0 Å². The molecule has 0 aliphatic rings. The van der Waals surface area contributed by atoms with Crippen molar-refractivity contribution in [3.63, 3.8) is 0 Å². The van der Waals surface area contributed by atoms with Crippen molar-refractivity contribution in [1.29, 1.82) is 0 Å². The van der Waals surface area contributed by atoms with E-state index in [0.29, 0.717) is 36.4 Å². The smallest absolute Gasteiger partial charge is 0.349 e. The van der Waals surface area contributed by atoms with Gasteiger partial charge in [0.2, 0.25) is 12.2 Å². The molecule has 2 aromatic rings. The zero-order valence-electron chi connectivity index (χ0n) is 18.4. The third kappa shape index (κ3) is 6.66. The summed E-state index contributed by atoms with van der Waals surface area (Å²) in [6.45, 7) is 0. The Morgan fingerprint density at radius 2 is 0.632 bits per heavy atom. The summed E-state index contributed by atoms with van der Waals surface area (Å²) in [6.07, 6.45) is -5.57. The van der Waals surface area contributed by atoms with Gasteiger partial charge in [0.1, 0.15) is 0 Å². The number of hydrogen-bond acceptors (Lipinski definition) is 10. The van der Waals surface area contributed by atoms with Crippen LogP contribution in [0, 0.1) is 0 Å². The van der Waals surface area contributed by atoms with Crippen LogP contribution in [0.1, 0.15) is 62.1 Å². The molecule has 0 heterocycles. The maximum atomic E-state index is 12.5. The summed E-state index contributed by atoms with van der Waals surface area (Å²) in [5.74, 6) is -14.4. The van der Waals surface area contributed by atoms with Crippen molar-refractivity contribution >= 4 is 47.8 Å². The molecule has 0 saturated heterocycles. The first-order valence-electron chi connectivity index (χ1n) is 9.73. The maximum Gasteiger partial charge on any atom is 0.349 e. The highest BCUT2D eigenvalue weighted by molar-refractivity contribution is 6.02. The van der Waals surface area contributed by atoms with E-state index in [2.05, 4.69) is 9.47 Å². The minimum atomic E-state index is -2.78. The molecule has 0 bridgehead atoms. The number of benzene rings is 2. The van der Waals surface area contributed by atoms with Crippen molar-refractivity contribution in [1.82, 2.24) is 0 Å². The van der Waals surface area contributed by atoms with Crippen molar-refractivity contribution < 1.29 is 78.5 Å². The van der Waals surface area contributed by atoms with Gasteiger partial charge in [0.15, 0.2) is 0 Å². The normalized spacial score (nSPS) is 11.9. The number of rotatable bonds is 11. The van der Waals surface area contributed by atoms with Gasteiger partial charge in [-0.1, -0.05) is 0 Å². The van der Waals surface area contributed by atoms with Crippen LogP contribution in [0.2, 0.25) is 0 Å². The molecule has 16 heteroatoms. The largest absolute Gasteiger partial charge is 0.478 e. The molecule has 38 heavy (non-hydrogen) atoms. The lowest BCUT2D eigenvalue weighted by molar-refractivity contribution is -0.166. The highest BCUT2D eigenvalue weighted by Gasteiger charge is 2.41. The number of carbonyl (C=O) groups excluding carboxylic acids is 2. The van der Waals surface area contributed by atoms with Crippen LogP contribution in [-0.4, -0.2) is 90.6 Å². The predicted molar refractivity (Wildman–Crippen MR) is 114 cm³/mol. The Kier molecular flexibility index (Phi) is 8.45. The second kappa shape index (κ2) is 11.3. The third-order valence-corrected chi connectivity index (χ3v) is 4.56. The lowest BCUT2D eigenvalue weighted by atomic mass is 10.1. The summed E-state index contributed by atoms with van der Waals surface area (Å²) in [5, 5.41) is 55.2. The van der Waals surface area contributed by atoms with Gasteiger partial charge in [-0.25, -0.2) is 38.4 Å². The lowest BCUT2D eigenvalue weighted by Crippen LogP contribution is -2.46. The standard InChI is InChI=1S/C22H14O16/c23-15(24)7-1-8(16(25)26)4-11(3-7)21(35)37-13(19(31)32)14(20(33)34)38-22(36)12-5-9(17(27)28)2-10(6-12)18(29)30/h1-6,13-14H,(H,23,24)(H,25,26)(H,27,28)(H,29,30)(H,31,32)(H,33,34). The van der Waals surface area contributed by atoms with E-state index >= 15 is 0 Å². The van der Waals surface area contributed by atoms with Crippen LogP contribution in [0.4, 0.5) is 0 Å². The van der Waals surface area contributed by atoms with E-state index in [4.69, 9.17) is 20.4 Å².